The summed E-state index contributed by atoms with van der Waals surface area (Å²) in [5, 5.41) is 22.0. The van der Waals surface area contributed by atoms with E-state index in [1.165, 1.54) is 0 Å². The van der Waals surface area contributed by atoms with Crippen LogP contribution in [-0.2, 0) is 13.0 Å². The van der Waals surface area contributed by atoms with E-state index in [9.17, 15) is 18.7 Å². The van der Waals surface area contributed by atoms with E-state index >= 15 is 0 Å². The second-order valence-electron chi connectivity index (χ2n) is 11.4. The van der Waals surface area contributed by atoms with Crippen molar-refractivity contribution < 1.29 is 18.7 Å². The maximum atomic E-state index is 13.4. The third-order valence-corrected chi connectivity index (χ3v) is 8.45. The molecule has 1 aromatic carbocycles. The molecule has 11 heteroatoms. The quantitative estimate of drug-likeness (QED) is 0.401. The van der Waals surface area contributed by atoms with E-state index in [0.29, 0.717) is 35.7 Å². The number of nitrogens with one attached hydrogen (secondary N) is 1. The zero-order chi connectivity index (χ0) is 26.9. The van der Waals surface area contributed by atoms with Crippen LogP contribution < -0.4 is 10.2 Å². The Balaban J connectivity index is 1.10. The van der Waals surface area contributed by atoms with Crippen LogP contribution in [0.1, 0.15) is 47.4 Å². The minimum absolute atomic E-state index is 0.117. The highest BCUT2D eigenvalue weighted by Crippen LogP contribution is 2.56. The molecular weight excluding hydrogens is 504 g/mol. The minimum Gasteiger partial charge on any atom is -0.384 e. The number of fused-ring (bicyclic) bond motifs is 2. The lowest BCUT2D eigenvalue weighted by atomic mass is 9.55. The normalized spacial score (nSPS) is 19.2. The van der Waals surface area contributed by atoms with Gasteiger partial charge in [-0.25, -0.2) is 23.0 Å². The Labute approximate surface area is 223 Å². The molecule has 2 fully saturated rings. The lowest BCUT2D eigenvalue weighted by Crippen LogP contribution is -2.70. The average Bonchev–Trinajstić information content (AvgIpc) is 3.50. The predicted octanol–water partition coefficient (Wildman–Crippen LogP) is 4.09. The van der Waals surface area contributed by atoms with Crippen molar-refractivity contribution in [2.45, 2.75) is 57.6 Å². The number of benzene rings is 1. The van der Waals surface area contributed by atoms with Crippen molar-refractivity contribution in [2.75, 3.05) is 23.3 Å². The third-order valence-electron chi connectivity index (χ3n) is 8.45. The van der Waals surface area contributed by atoms with Crippen molar-refractivity contribution in [3.05, 3.63) is 59.7 Å². The number of aromatic nitrogens is 5. The monoisotopic (exact) mass is 533 g/mol. The van der Waals surface area contributed by atoms with Gasteiger partial charge in [0.2, 0.25) is 0 Å². The summed E-state index contributed by atoms with van der Waals surface area (Å²) in [5.41, 5.74) is 2.32. The fraction of sp³-hybridized carbons (Fsp3) is 0.429. The Bertz CT molecular complexity index is 1570. The predicted molar refractivity (Wildman–Crippen MR) is 141 cm³/mol. The molecule has 1 saturated heterocycles. The van der Waals surface area contributed by atoms with Gasteiger partial charge >= 0.3 is 0 Å². The molecule has 2 aliphatic heterocycles. The van der Waals surface area contributed by atoms with E-state index in [0.717, 1.165) is 48.4 Å². The highest BCUT2D eigenvalue weighted by molar-refractivity contribution is 6.09. The Hall–Kier alpha value is -3.86. The first-order valence-corrected chi connectivity index (χ1v) is 13.3. The number of hydrogen-bond donors (Lipinski definition) is 2. The van der Waals surface area contributed by atoms with Crippen LogP contribution in [0, 0.1) is 12.3 Å². The van der Waals surface area contributed by atoms with Gasteiger partial charge in [0, 0.05) is 54.6 Å². The van der Waals surface area contributed by atoms with Crippen molar-refractivity contribution in [2.24, 2.45) is 5.41 Å². The molecule has 1 saturated carbocycles. The van der Waals surface area contributed by atoms with E-state index < -0.39 is 12.0 Å². The largest absolute Gasteiger partial charge is 0.384 e. The summed E-state index contributed by atoms with van der Waals surface area (Å²) in [6.45, 7) is 4.02. The number of nitrogens with zero attached hydrogens (tertiary/aromatic N) is 6. The van der Waals surface area contributed by atoms with Gasteiger partial charge in [-0.15, -0.1) is 0 Å². The second kappa shape index (κ2) is 8.57. The molecular formula is C28H29F2N7O2. The number of anilines is 2. The van der Waals surface area contributed by atoms with Gasteiger partial charge in [-0.1, -0.05) is 12.1 Å². The van der Waals surface area contributed by atoms with Gasteiger partial charge in [0.1, 0.15) is 11.4 Å². The smallest absolute Gasteiger partial charge is 0.266 e. The van der Waals surface area contributed by atoms with Gasteiger partial charge in [-0.3, -0.25) is 4.79 Å². The topological polar surface area (TPSA) is 101 Å². The fourth-order valence-corrected chi connectivity index (χ4v) is 6.40. The zero-order valence-corrected chi connectivity index (χ0v) is 21.6. The number of carbonyl (C=O) groups excluding carboxylic acids is 1. The van der Waals surface area contributed by atoms with Gasteiger partial charge in [0.15, 0.2) is 5.82 Å². The number of pyridine rings is 1. The SMILES string of the molecule is Cc1ccc(-c2nc3n(n2)CCCC3)cc1NC(=O)c1cnn2ccc(N3CC4(C3)CC(O)(C(F)F)C4)cc12. The molecule has 1 amide bonds. The minimum atomic E-state index is -2.72. The van der Waals surface area contributed by atoms with Crippen LogP contribution in [0.2, 0.25) is 0 Å². The number of alkyl halides is 2. The van der Waals surface area contributed by atoms with Crippen LogP contribution in [0.3, 0.4) is 0 Å². The second-order valence-corrected chi connectivity index (χ2v) is 11.4. The van der Waals surface area contributed by atoms with Crippen LogP contribution in [0.5, 0.6) is 0 Å². The third kappa shape index (κ3) is 3.98. The molecule has 0 radical (unpaired) electrons. The van der Waals surface area contributed by atoms with Crippen LogP contribution in [0.4, 0.5) is 20.2 Å². The summed E-state index contributed by atoms with van der Waals surface area (Å²) in [6.07, 6.45) is 4.01. The Kier molecular flexibility index (Phi) is 5.32. The molecule has 39 heavy (non-hydrogen) atoms. The summed E-state index contributed by atoms with van der Waals surface area (Å²) < 4.78 is 29.8. The molecule has 1 spiro atoms. The summed E-state index contributed by atoms with van der Waals surface area (Å²) >= 11 is 0. The highest BCUT2D eigenvalue weighted by Gasteiger charge is 2.63. The van der Waals surface area contributed by atoms with Gasteiger partial charge in [-0.05, 0) is 56.4 Å². The van der Waals surface area contributed by atoms with Gasteiger partial charge in [0.05, 0.1) is 17.3 Å². The number of carbonyl (C=O) groups is 1. The number of aliphatic hydroxyl groups is 1. The maximum absolute atomic E-state index is 13.4. The number of halogens is 2. The van der Waals surface area contributed by atoms with Crippen LogP contribution in [-0.4, -0.2) is 60.5 Å². The van der Waals surface area contributed by atoms with Gasteiger partial charge in [0.25, 0.3) is 12.3 Å². The van der Waals surface area contributed by atoms with Crippen molar-refractivity contribution >= 4 is 22.8 Å². The number of aryl methyl sites for hydroxylation is 3. The number of amides is 1. The molecule has 202 valence electrons. The van der Waals surface area contributed by atoms with E-state index in [-0.39, 0.29) is 24.2 Å². The Morgan fingerprint density at radius 1 is 1.15 bits per heavy atom. The molecule has 7 rings (SSSR count). The Morgan fingerprint density at radius 2 is 1.97 bits per heavy atom. The molecule has 4 aromatic rings. The maximum Gasteiger partial charge on any atom is 0.266 e. The van der Waals surface area contributed by atoms with E-state index in [2.05, 4.69) is 20.4 Å². The standard InChI is InChI=1S/C28H29F2N7O2/c1-17-5-6-18(24-33-23-4-2-3-8-37(23)34-24)10-21(17)32-25(38)20-12-31-36-9-7-19(11-22(20)36)35-15-27(16-35)13-28(39,14-27)26(29)30/h5-7,9-12,26,39H,2-4,8,13-16H2,1H3,(H,32,38). The molecule has 1 aliphatic carbocycles. The van der Waals surface area contributed by atoms with E-state index in [1.54, 1.807) is 16.9 Å². The molecule has 0 atom stereocenters. The Morgan fingerprint density at radius 3 is 2.74 bits per heavy atom. The summed E-state index contributed by atoms with van der Waals surface area (Å²) in [4.78, 5) is 20.2. The van der Waals surface area contributed by atoms with Crippen molar-refractivity contribution in [3.63, 3.8) is 0 Å². The number of hydrogen-bond acceptors (Lipinski definition) is 6. The van der Waals surface area contributed by atoms with Gasteiger partial charge < -0.3 is 15.3 Å². The molecule has 0 unspecified atom stereocenters. The highest BCUT2D eigenvalue weighted by atomic mass is 19.3. The van der Waals surface area contributed by atoms with E-state index in [4.69, 9.17) is 4.98 Å². The molecule has 0 bridgehead atoms. The molecule has 2 N–H and O–H groups in total. The summed E-state index contributed by atoms with van der Waals surface area (Å²) in [5.74, 6) is 1.38. The lowest BCUT2D eigenvalue weighted by Gasteiger charge is -2.62. The van der Waals surface area contributed by atoms with Crippen molar-refractivity contribution in [1.82, 2.24) is 24.4 Å². The zero-order valence-electron chi connectivity index (χ0n) is 21.6. The lowest BCUT2D eigenvalue weighted by molar-refractivity contribution is -0.209. The first-order chi connectivity index (χ1) is 18.7. The first-order valence-electron chi connectivity index (χ1n) is 13.3. The molecule has 5 heterocycles. The van der Waals surface area contributed by atoms with Crippen molar-refractivity contribution in [1.29, 1.82) is 0 Å². The molecule has 3 aliphatic rings. The van der Waals surface area contributed by atoms with Crippen LogP contribution in [0.25, 0.3) is 16.9 Å². The van der Waals surface area contributed by atoms with Crippen LogP contribution in [0.15, 0.2) is 42.7 Å². The van der Waals surface area contributed by atoms with Crippen LogP contribution >= 0.6 is 0 Å². The average molecular weight is 534 g/mol. The van der Waals surface area contributed by atoms with Crippen molar-refractivity contribution in [3.8, 4) is 11.4 Å². The molecule has 9 nitrogen and oxygen atoms in total. The van der Waals surface area contributed by atoms with E-state index in [1.807, 2.05) is 41.9 Å². The van der Waals surface area contributed by atoms with Gasteiger partial charge in [-0.2, -0.15) is 10.2 Å². The first kappa shape index (κ1) is 24.2. The molecule has 3 aromatic heterocycles. The summed E-state index contributed by atoms with van der Waals surface area (Å²) in [7, 11) is 0. The summed E-state index contributed by atoms with van der Waals surface area (Å²) in [6, 6.07) is 9.63. The number of rotatable bonds is 5. The fourth-order valence-electron chi connectivity index (χ4n) is 6.40.